The fourth-order valence-electron chi connectivity index (χ4n) is 1.62. The van der Waals surface area contributed by atoms with Crippen LogP contribution in [0.2, 0.25) is 0 Å². The van der Waals surface area contributed by atoms with E-state index in [0.29, 0.717) is 22.6 Å². The number of hydrogen-bond acceptors (Lipinski definition) is 4. The third-order valence-electron chi connectivity index (χ3n) is 2.39. The van der Waals surface area contributed by atoms with Gasteiger partial charge in [0.1, 0.15) is 5.69 Å². The minimum absolute atomic E-state index is 0.306. The molecule has 0 spiro atoms. The van der Waals surface area contributed by atoms with Gasteiger partial charge in [0, 0.05) is 6.20 Å². The van der Waals surface area contributed by atoms with Crippen molar-refractivity contribution in [3.63, 3.8) is 0 Å². The summed E-state index contributed by atoms with van der Waals surface area (Å²) < 4.78 is 5.16. The molecule has 2 aromatic rings. The molecule has 1 aliphatic rings. The molecule has 1 aliphatic heterocycles. The molecule has 16 heavy (non-hydrogen) atoms. The number of pyridine rings is 1. The summed E-state index contributed by atoms with van der Waals surface area (Å²) in [7, 11) is 0. The van der Waals surface area contributed by atoms with Gasteiger partial charge in [-0.05, 0) is 18.2 Å². The van der Waals surface area contributed by atoms with Crippen LogP contribution in [0.1, 0.15) is 20.7 Å². The van der Waals surface area contributed by atoms with Gasteiger partial charge in [0.25, 0.3) is 11.8 Å². The predicted molar refractivity (Wildman–Crippen MR) is 53.7 cm³/mol. The van der Waals surface area contributed by atoms with Crippen molar-refractivity contribution >= 4 is 11.8 Å². The molecular formula is C11H6N2O3. The van der Waals surface area contributed by atoms with Crippen molar-refractivity contribution in [3.8, 4) is 11.5 Å². The lowest BCUT2D eigenvalue weighted by molar-refractivity contribution is 0.0879. The molecule has 5 heteroatoms. The zero-order valence-electron chi connectivity index (χ0n) is 8.06. The number of carbonyl (C=O) groups is 2. The van der Waals surface area contributed by atoms with Gasteiger partial charge in [0.15, 0.2) is 5.76 Å². The Balaban J connectivity index is 2.17. The zero-order valence-corrected chi connectivity index (χ0v) is 8.06. The lowest BCUT2D eigenvalue weighted by Crippen LogP contribution is -2.19. The number of hydrogen-bond donors (Lipinski definition) is 1. The number of furan rings is 1. The van der Waals surface area contributed by atoms with E-state index in [1.165, 1.54) is 12.5 Å². The van der Waals surface area contributed by atoms with E-state index in [0.717, 1.165) is 0 Å². The second kappa shape index (κ2) is 3.03. The van der Waals surface area contributed by atoms with E-state index in [1.807, 2.05) is 0 Å². The van der Waals surface area contributed by atoms with Gasteiger partial charge in [-0.3, -0.25) is 19.9 Å². The summed E-state index contributed by atoms with van der Waals surface area (Å²) in [5, 5.41) is 2.21. The second-order valence-electron chi connectivity index (χ2n) is 3.38. The Bertz CT molecular complexity index is 587. The van der Waals surface area contributed by atoms with Gasteiger partial charge in [0.05, 0.1) is 17.4 Å². The van der Waals surface area contributed by atoms with E-state index in [4.69, 9.17) is 4.42 Å². The number of nitrogens with one attached hydrogen (secondary N) is 1. The molecule has 0 bridgehead atoms. The molecular weight excluding hydrogens is 208 g/mol. The first-order chi connectivity index (χ1) is 7.75. The highest BCUT2D eigenvalue weighted by Gasteiger charge is 2.27. The maximum Gasteiger partial charge on any atom is 0.260 e. The Kier molecular flexibility index (Phi) is 1.67. The molecule has 0 fully saturated rings. The fourth-order valence-corrected chi connectivity index (χ4v) is 1.62. The first-order valence-electron chi connectivity index (χ1n) is 4.65. The van der Waals surface area contributed by atoms with Gasteiger partial charge in [-0.2, -0.15) is 0 Å². The molecule has 0 unspecified atom stereocenters. The minimum Gasteiger partial charge on any atom is -0.463 e. The highest BCUT2D eigenvalue weighted by molar-refractivity contribution is 6.21. The summed E-state index contributed by atoms with van der Waals surface area (Å²) in [6.45, 7) is 0. The zero-order chi connectivity index (χ0) is 11.1. The van der Waals surface area contributed by atoms with Crippen LogP contribution < -0.4 is 5.32 Å². The minimum atomic E-state index is -0.404. The van der Waals surface area contributed by atoms with Gasteiger partial charge in [-0.1, -0.05) is 0 Å². The molecule has 3 heterocycles. The van der Waals surface area contributed by atoms with Gasteiger partial charge in [-0.15, -0.1) is 0 Å². The smallest absolute Gasteiger partial charge is 0.260 e. The van der Waals surface area contributed by atoms with Gasteiger partial charge >= 0.3 is 0 Å². The SMILES string of the molecule is O=C1NC(=O)c2cc(-c3ccco3)ncc21. The summed E-state index contributed by atoms with van der Waals surface area (Å²) in [5.74, 6) is -0.233. The number of imide groups is 1. The average molecular weight is 214 g/mol. The Hall–Kier alpha value is -2.43. The molecule has 3 rings (SSSR count). The van der Waals surface area contributed by atoms with Crippen LogP contribution in [0.3, 0.4) is 0 Å². The number of nitrogens with zero attached hydrogens (tertiary/aromatic N) is 1. The van der Waals surface area contributed by atoms with Crippen molar-refractivity contribution in [3.05, 3.63) is 41.8 Å². The Labute approximate surface area is 90.1 Å². The monoisotopic (exact) mass is 214 g/mol. The largest absolute Gasteiger partial charge is 0.463 e. The van der Waals surface area contributed by atoms with E-state index in [1.54, 1.807) is 18.2 Å². The summed E-state index contributed by atoms with van der Waals surface area (Å²) in [4.78, 5) is 26.8. The van der Waals surface area contributed by atoms with Crippen molar-refractivity contribution in [2.45, 2.75) is 0 Å². The van der Waals surface area contributed by atoms with E-state index >= 15 is 0 Å². The first-order valence-corrected chi connectivity index (χ1v) is 4.65. The first kappa shape index (κ1) is 8.84. The average Bonchev–Trinajstić information content (AvgIpc) is 2.88. The van der Waals surface area contributed by atoms with E-state index in [-0.39, 0.29) is 0 Å². The molecule has 2 amide bonds. The van der Waals surface area contributed by atoms with Crippen LogP contribution in [0, 0.1) is 0 Å². The van der Waals surface area contributed by atoms with Crippen molar-refractivity contribution in [2.75, 3.05) is 0 Å². The number of fused-ring (bicyclic) bond motifs is 1. The summed E-state index contributed by atoms with van der Waals surface area (Å²) in [5.41, 5.74) is 1.18. The highest BCUT2D eigenvalue weighted by atomic mass is 16.3. The van der Waals surface area contributed by atoms with Crippen LogP contribution in [0.5, 0.6) is 0 Å². The lowest BCUT2D eigenvalue weighted by Gasteiger charge is -1.97. The maximum absolute atomic E-state index is 11.4. The fraction of sp³-hybridized carbons (Fsp3) is 0. The molecule has 0 aliphatic carbocycles. The summed E-state index contributed by atoms with van der Waals surface area (Å²) >= 11 is 0. The van der Waals surface area contributed by atoms with Gasteiger partial charge in [0.2, 0.25) is 0 Å². The molecule has 0 atom stereocenters. The standard InChI is InChI=1S/C11H6N2O3/c14-10-6-4-8(9-2-1-3-16-9)12-5-7(6)11(15)13-10/h1-5H,(H,13,14,15). The predicted octanol–water partition coefficient (Wildman–Crippen LogP) is 1.23. The van der Waals surface area contributed by atoms with Gasteiger partial charge < -0.3 is 4.42 Å². The topological polar surface area (TPSA) is 72.2 Å². The normalized spacial score (nSPS) is 13.8. The Morgan fingerprint density at radius 1 is 1.19 bits per heavy atom. The highest BCUT2D eigenvalue weighted by Crippen LogP contribution is 2.22. The number of aromatic nitrogens is 1. The van der Waals surface area contributed by atoms with Crippen LogP contribution in [-0.2, 0) is 0 Å². The third kappa shape index (κ3) is 1.15. The molecule has 5 nitrogen and oxygen atoms in total. The van der Waals surface area contributed by atoms with E-state index < -0.39 is 11.8 Å². The van der Waals surface area contributed by atoms with E-state index in [9.17, 15) is 9.59 Å². The third-order valence-corrected chi connectivity index (χ3v) is 2.39. The molecule has 0 aromatic carbocycles. The molecule has 0 saturated heterocycles. The Morgan fingerprint density at radius 3 is 2.75 bits per heavy atom. The molecule has 1 N–H and O–H groups in total. The van der Waals surface area contributed by atoms with Crippen LogP contribution in [0.25, 0.3) is 11.5 Å². The van der Waals surface area contributed by atoms with Crippen molar-refractivity contribution < 1.29 is 14.0 Å². The van der Waals surface area contributed by atoms with E-state index in [2.05, 4.69) is 10.3 Å². The molecule has 78 valence electrons. The van der Waals surface area contributed by atoms with Crippen LogP contribution >= 0.6 is 0 Å². The Morgan fingerprint density at radius 2 is 2.00 bits per heavy atom. The summed E-state index contributed by atoms with van der Waals surface area (Å²) in [6, 6.07) is 5.02. The molecule has 0 saturated carbocycles. The number of carbonyl (C=O) groups excluding carboxylic acids is 2. The second-order valence-corrected chi connectivity index (χ2v) is 3.38. The van der Waals surface area contributed by atoms with Crippen molar-refractivity contribution in [2.24, 2.45) is 0 Å². The van der Waals surface area contributed by atoms with Crippen LogP contribution in [0.15, 0.2) is 35.1 Å². The van der Waals surface area contributed by atoms with Crippen LogP contribution in [0.4, 0.5) is 0 Å². The number of rotatable bonds is 1. The van der Waals surface area contributed by atoms with Crippen molar-refractivity contribution in [1.82, 2.24) is 10.3 Å². The van der Waals surface area contributed by atoms with Crippen molar-refractivity contribution in [1.29, 1.82) is 0 Å². The molecule has 0 radical (unpaired) electrons. The van der Waals surface area contributed by atoms with Gasteiger partial charge in [-0.25, -0.2) is 0 Å². The maximum atomic E-state index is 11.4. The van der Waals surface area contributed by atoms with Crippen LogP contribution in [-0.4, -0.2) is 16.8 Å². The number of amides is 2. The lowest BCUT2D eigenvalue weighted by atomic mass is 10.1. The molecule has 2 aromatic heterocycles. The quantitative estimate of drug-likeness (QED) is 0.724. The summed E-state index contributed by atoms with van der Waals surface area (Å²) in [6.07, 6.45) is 2.91.